The number of aromatic nitrogens is 3. The Labute approximate surface area is 169 Å². The van der Waals surface area contributed by atoms with Crippen LogP contribution in [0.25, 0.3) is 11.3 Å². The quantitative estimate of drug-likeness (QED) is 0.784. The predicted octanol–water partition coefficient (Wildman–Crippen LogP) is 3.80. The fourth-order valence-electron chi connectivity index (χ4n) is 3.84. The molecule has 0 spiro atoms. The lowest BCUT2D eigenvalue weighted by atomic mass is 10.00. The van der Waals surface area contributed by atoms with E-state index in [2.05, 4.69) is 20.3 Å². The number of halogens is 2. The van der Waals surface area contributed by atoms with Gasteiger partial charge in [0, 0.05) is 43.4 Å². The van der Waals surface area contributed by atoms with Gasteiger partial charge in [-0.15, -0.1) is 0 Å². The molecule has 27 heavy (non-hydrogen) atoms. The zero-order valence-electron chi connectivity index (χ0n) is 15.2. The molecule has 2 fully saturated rings. The average Bonchev–Trinajstić information content (AvgIpc) is 3.30. The number of ether oxygens (including phenoxy) is 2. The van der Waals surface area contributed by atoms with Crippen molar-refractivity contribution in [2.75, 3.05) is 32.8 Å². The summed E-state index contributed by atoms with van der Waals surface area (Å²) in [7, 11) is 0. The van der Waals surface area contributed by atoms with Crippen molar-refractivity contribution in [1.29, 1.82) is 0 Å². The molecular formula is C19H24Cl2N4O2. The number of H-pyrrole nitrogens is 1. The molecule has 6 nitrogen and oxygen atoms in total. The van der Waals surface area contributed by atoms with E-state index in [1.54, 1.807) is 12.1 Å². The number of likely N-dealkylation sites (tertiary alicyclic amines) is 1. The summed E-state index contributed by atoms with van der Waals surface area (Å²) in [6, 6.07) is 5.37. The maximum absolute atomic E-state index is 6.31. The lowest BCUT2D eigenvalue weighted by molar-refractivity contribution is 0.0356. The molecule has 2 saturated heterocycles. The Hall–Kier alpha value is -1.18. The minimum atomic E-state index is 0.232. The second-order valence-electron chi connectivity index (χ2n) is 7.28. The van der Waals surface area contributed by atoms with Crippen LogP contribution in [0, 0.1) is 5.92 Å². The molecular weight excluding hydrogens is 387 g/mol. The summed E-state index contributed by atoms with van der Waals surface area (Å²) in [5.41, 5.74) is 2.29. The van der Waals surface area contributed by atoms with Crippen LogP contribution >= 0.6 is 23.2 Å². The van der Waals surface area contributed by atoms with Crippen LogP contribution in [0.1, 0.15) is 25.0 Å². The number of nitrogens with one attached hydrogen (secondary N) is 1. The molecule has 1 atom stereocenters. The molecule has 4 rings (SSSR count). The van der Waals surface area contributed by atoms with E-state index in [1.807, 2.05) is 6.07 Å². The van der Waals surface area contributed by atoms with Gasteiger partial charge < -0.3 is 14.4 Å². The van der Waals surface area contributed by atoms with Gasteiger partial charge in [0.15, 0.2) is 0 Å². The maximum atomic E-state index is 6.31. The smallest absolute Gasteiger partial charge is 0.119 e. The van der Waals surface area contributed by atoms with E-state index < -0.39 is 0 Å². The average molecular weight is 411 g/mol. The monoisotopic (exact) mass is 410 g/mol. The number of hydrogen-bond donors (Lipinski definition) is 1. The van der Waals surface area contributed by atoms with E-state index in [-0.39, 0.29) is 6.10 Å². The van der Waals surface area contributed by atoms with Crippen LogP contribution < -0.4 is 0 Å². The summed E-state index contributed by atoms with van der Waals surface area (Å²) in [5.74, 6) is 0.756. The van der Waals surface area contributed by atoms with Crippen molar-refractivity contribution in [2.45, 2.75) is 32.0 Å². The third-order valence-corrected chi connectivity index (χ3v) is 5.90. The van der Waals surface area contributed by atoms with Gasteiger partial charge in [-0.1, -0.05) is 23.2 Å². The van der Waals surface area contributed by atoms with Crippen molar-refractivity contribution < 1.29 is 9.47 Å². The third kappa shape index (κ3) is 4.81. The van der Waals surface area contributed by atoms with Gasteiger partial charge in [-0.05, 0) is 43.4 Å². The maximum Gasteiger partial charge on any atom is 0.119 e. The van der Waals surface area contributed by atoms with E-state index in [9.17, 15) is 0 Å². The Kier molecular flexibility index (Phi) is 6.30. The first-order valence-electron chi connectivity index (χ1n) is 9.46. The first-order chi connectivity index (χ1) is 13.2. The second kappa shape index (κ2) is 8.88. The van der Waals surface area contributed by atoms with Crippen molar-refractivity contribution >= 4 is 23.2 Å². The number of aromatic amines is 1. The topological polar surface area (TPSA) is 63.3 Å². The molecule has 1 aromatic carbocycles. The Balaban J connectivity index is 1.32. The molecule has 2 aliphatic heterocycles. The molecule has 0 unspecified atom stereocenters. The Morgan fingerprint density at radius 3 is 2.85 bits per heavy atom. The highest BCUT2D eigenvalue weighted by atomic mass is 35.5. The van der Waals surface area contributed by atoms with Gasteiger partial charge in [0.25, 0.3) is 0 Å². The van der Waals surface area contributed by atoms with Crippen LogP contribution in [0.4, 0.5) is 0 Å². The van der Waals surface area contributed by atoms with Gasteiger partial charge in [0.2, 0.25) is 0 Å². The molecule has 0 aliphatic carbocycles. The first kappa shape index (κ1) is 19.2. The highest BCUT2D eigenvalue weighted by molar-refractivity contribution is 6.36. The van der Waals surface area contributed by atoms with E-state index in [1.165, 1.54) is 12.8 Å². The summed E-state index contributed by atoms with van der Waals surface area (Å²) in [5, 5.41) is 12.3. The standard InChI is InChI=1S/C19H24Cl2N4O2/c20-14-1-2-16(17(21)9-14)19-18(22-24-23-19)12-27-15-3-6-25(11-15)10-13-4-7-26-8-5-13/h1-2,9,13,15H,3-8,10-12H2,(H,22,23,24)/t15-/m0/s1. The van der Waals surface area contributed by atoms with E-state index in [4.69, 9.17) is 32.7 Å². The number of rotatable bonds is 6. The summed E-state index contributed by atoms with van der Waals surface area (Å²) in [6.45, 7) is 5.45. The summed E-state index contributed by atoms with van der Waals surface area (Å²) < 4.78 is 11.6. The lowest BCUT2D eigenvalue weighted by Crippen LogP contribution is -2.31. The number of benzene rings is 1. The van der Waals surface area contributed by atoms with Crippen molar-refractivity contribution in [2.24, 2.45) is 5.92 Å². The summed E-state index contributed by atoms with van der Waals surface area (Å²) in [6.07, 6.45) is 3.63. The van der Waals surface area contributed by atoms with Gasteiger partial charge in [0.1, 0.15) is 11.4 Å². The molecule has 1 N–H and O–H groups in total. The van der Waals surface area contributed by atoms with Crippen LogP contribution in [-0.2, 0) is 16.1 Å². The van der Waals surface area contributed by atoms with Crippen molar-refractivity contribution in [3.63, 3.8) is 0 Å². The van der Waals surface area contributed by atoms with Crippen LogP contribution in [0.15, 0.2) is 18.2 Å². The molecule has 0 saturated carbocycles. The SMILES string of the molecule is Clc1ccc(-c2n[nH]nc2CO[C@H]2CCN(CC3CCOCC3)C2)c(Cl)c1. The number of nitrogens with zero attached hydrogens (tertiary/aromatic N) is 3. The Bertz CT molecular complexity index is 764. The first-order valence-corrected chi connectivity index (χ1v) is 10.2. The highest BCUT2D eigenvalue weighted by Crippen LogP contribution is 2.31. The van der Waals surface area contributed by atoms with Crippen molar-refractivity contribution in [1.82, 2.24) is 20.3 Å². The van der Waals surface area contributed by atoms with Gasteiger partial charge in [-0.2, -0.15) is 15.4 Å². The minimum Gasteiger partial charge on any atom is -0.381 e. The van der Waals surface area contributed by atoms with Gasteiger partial charge in [-0.3, -0.25) is 0 Å². The zero-order valence-corrected chi connectivity index (χ0v) is 16.7. The van der Waals surface area contributed by atoms with E-state index in [0.717, 1.165) is 56.4 Å². The predicted molar refractivity (Wildman–Crippen MR) is 105 cm³/mol. The highest BCUT2D eigenvalue weighted by Gasteiger charge is 2.26. The van der Waals surface area contributed by atoms with Gasteiger partial charge in [-0.25, -0.2) is 0 Å². The Morgan fingerprint density at radius 1 is 1.19 bits per heavy atom. The molecule has 0 radical (unpaired) electrons. The van der Waals surface area contributed by atoms with Gasteiger partial charge in [0.05, 0.1) is 17.7 Å². The van der Waals surface area contributed by atoms with Crippen LogP contribution in [-0.4, -0.2) is 59.3 Å². The van der Waals surface area contributed by atoms with E-state index in [0.29, 0.717) is 22.3 Å². The zero-order chi connectivity index (χ0) is 18.6. The second-order valence-corrected chi connectivity index (χ2v) is 8.12. The molecule has 2 aliphatic rings. The Morgan fingerprint density at radius 2 is 2.04 bits per heavy atom. The summed E-state index contributed by atoms with van der Waals surface area (Å²) in [4.78, 5) is 2.51. The minimum absolute atomic E-state index is 0.232. The number of hydrogen-bond acceptors (Lipinski definition) is 5. The molecule has 2 aromatic rings. The molecule has 3 heterocycles. The van der Waals surface area contributed by atoms with Crippen molar-refractivity contribution in [3.05, 3.63) is 33.9 Å². The van der Waals surface area contributed by atoms with Crippen LogP contribution in [0.3, 0.4) is 0 Å². The van der Waals surface area contributed by atoms with E-state index >= 15 is 0 Å². The fraction of sp³-hybridized carbons (Fsp3) is 0.579. The lowest BCUT2D eigenvalue weighted by Gasteiger charge is -2.26. The largest absolute Gasteiger partial charge is 0.381 e. The molecule has 146 valence electrons. The molecule has 0 amide bonds. The fourth-order valence-corrected chi connectivity index (χ4v) is 4.34. The molecule has 1 aromatic heterocycles. The summed E-state index contributed by atoms with van der Waals surface area (Å²) >= 11 is 12.3. The molecule has 0 bridgehead atoms. The third-order valence-electron chi connectivity index (χ3n) is 5.35. The van der Waals surface area contributed by atoms with Crippen LogP contribution in [0.5, 0.6) is 0 Å². The van der Waals surface area contributed by atoms with Gasteiger partial charge >= 0.3 is 0 Å². The van der Waals surface area contributed by atoms with Crippen molar-refractivity contribution in [3.8, 4) is 11.3 Å². The van der Waals surface area contributed by atoms with Crippen LogP contribution in [0.2, 0.25) is 10.0 Å². The molecule has 8 heteroatoms. The normalized spacial score (nSPS) is 21.8.